The number of hydrogen-bond donors (Lipinski definition) is 2. The Kier molecular flexibility index (Phi) is 7.33. The number of pyridine rings is 1. The number of hydrogen-bond acceptors (Lipinski definition) is 6. The number of aliphatic hydroxyl groups is 2. The maximum atomic E-state index is 13.0. The molecule has 0 spiro atoms. The fourth-order valence-electron chi connectivity index (χ4n) is 3.59. The molecule has 0 saturated carbocycles. The fraction of sp³-hybridized carbons (Fsp3) is 0.440. The van der Waals surface area contributed by atoms with Crippen LogP contribution in [0.5, 0.6) is 0 Å². The van der Waals surface area contributed by atoms with Crippen molar-refractivity contribution in [3.8, 4) is 11.3 Å². The van der Waals surface area contributed by atoms with Gasteiger partial charge in [-0.3, -0.25) is 4.98 Å². The SMILES string of the molecule is CCC(C)(C)Cc1cn(S(=O)(=O)N(C)C)c(C(O)C(C)(O)c2ccc(-c3ccccn3)cc2)n1. The zero-order valence-corrected chi connectivity index (χ0v) is 21.4. The lowest BCUT2D eigenvalue weighted by atomic mass is 9.85. The minimum atomic E-state index is -3.97. The molecule has 2 unspecified atom stereocenters. The smallest absolute Gasteiger partial charge is 0.308 e. The molecule has 1 aromatic carbocycles. The molecular formula is C25H34N4O4S. The first-order valence-electron chi connectivity index (χ1n) is 11.2. The summed E-state index contributed by atoms with van der Waals surface area (Å²) in [5, 5.41) is 22.6. The topological polar surface area (TPSA) is 109 Å². The van der Waals surface area contributed by atoms with E-state index in [2.05, 4.69) is 30.7 Å². The predicted octanol–water partition coefficient (Wildman–Crippen LogP) is 3.52. The highest BCUT2D eigenvalue weighted by Gasteiger charge is 2.39. The Bertz CT molecular complexity index is 1220. The van der Waals surface area contributed by atoms with Crippen molar-refractivity contribution < 1.29 is 18.6 Å². The van der Waals surface area contributed by atoms with Crippen LogP contribution in [-0.4, -0.2) is 51.0 Å². The molecule has 0 saturated heterocycles. The van der Waals surface area contributed by atoms with E-state index in [4.69, 9.17) is 0 Å². The summed E-state index contributed by atoms with van der Waals surface area (Å²) < 4.78 is 28.1. The van der Waals surface area contributed by atoms with Crippen LogP contribution in [0.2, 0.25) is 0 Å². The largest absolute Gasteiger partial charge is 0.382 e. The van der Waals surface area contributed by atoms with Gasteiger partial charge in [0.1, 0.15) is 11.7 Å². The van der Waals surface area contributed by atoms with Gasteiger partial charge in [0.25, 0.3) is 0 Å². The fourth-order valence-corrected chi connectivity index (χ4v) is 4.57. The van der Waals surface area contributed by atoms with Crippen LogP contribution in [0.3, 0.4) is 0 Å². The van der Waals surface area contributed by atoms with Gasteiger partial charge in [-0.25, -0.2) is 8.96 Å². The molecule has 3 aromatic rings. The molecule has 8 nitrogen and oxygen atoms in total. The van der Waals surface area contributed by atoms with Gasteiger partial charge in [0.05, 0.1) is 11.4 Å². The van der Waals surface area contributed by atoms with Gasteiger partial charge in [0.2, 0.25) is 0 Å². The van der Waals surface area contributed by atoms with Gasteiger partial charge in [-0.2, -0.15) is 12.7 Å². The van der Waals surface area contributed by atoms with Crippen molar-refractivity contribution in [3.63, 3.8) is 0 Å². The lowest BCUT2D eigenvalue weighted by Crippen LogP contribution is -2.35. The predicted molar refractivity (Wildman–Crippen MR) is 132 cm³/mol. The van der Waals surface area contributed by atoms with Crippen LogP contribution < -0.4 is 0 Å². The third-order valence-corrected chi connectivity index (χ3v) is 8.00. The van der Waals surface area contributed by atoms with Gasteiger partial charge >= 0.3 is 10.2 Å². The highest BCUT2D eigenvalue weighted by atomic mass is 32.2. The maximum absolute atomic E-state index is 13.0. The van der Waals surface area contributed by atoms with Crippen molar-refractivity contribution in [2.75, 3.05) is 14.1 Å². The standard InChI is InChI=1S/C25H34N4O4S/c1-7-24(2,3)16-20-17-29(34(32,33)28(5)6)23(27-20)22(30)25(4,31)19-13-11-18(12-14-19)21-10-8-9-15-26-21/h8-15,17,22,30-31H,7,16H2,1-6H3. The van der Waals surface area contributed by atoms with E-state index in [1.807, 2.05) is 18.2 Å². The zero-order valence-electron chi connectivity index (χ0n) is 20.6. The van der Waals surface area contributed by atoms with E-state index in [-0.39, 0.29) is 11.2 Å². The van der Waals surface area contributed by atoms with Crippen LogP contribution in [-0.2, 0) is 22.2 Å². The second-order valence-electron chi connectivity index (χ2n) is 9.71. The molecule has 0 aliphatic carbocycles. The summed E-state index contributed by atoms with van der Waals surface area (Å²) in [4.78, 5) is 8.81. The molecule has 0 radical (unpaired) electrons. The van der Waals surface area contributed by atoms with E-state index in [0.29, 0.717) is 17.7 Å². The molecule has 34 heavy (non-hydrogen) atoms. The number of imidazole rings is 1. The van der Waals surface area contributed by atoms with Crippen LogP contribution in [0.25, 0.3) is 11.3 Å². The monoisotopic (exact) mass is 486 g/mol. The van der Waals surface area contributed by atoms with E-state index in [1.165, 1.54) is 27.2 Å². The average molecular weight is 487 g/mol. The summed E-state index contributed by atoms with van der Waals surface area (Å²) in [6.07, 6.45) is 2.94. The Morgan fingerprint density at radius 3 is 2.26 bits per heavy atom. The number of aromatic nitrogens is 3. The lowest BCUT2D eigenvalue weighted by Gasteiger charge is -2.30. The molecule has 0 aliphatic heterocycles. The van der Waals surface area contributed by atoms with Crippen LogP contribution in [0.15, 0.2) is 54.9 Å². The van der Waals surface area contributed by atoms with Crippen molar-refractivity contribution in [2.45, 2.75) is 52.2 Å². The number of rotatable bonds is 9. The molecule has 0 bridgehead atoms. The normalized spacial score (nSPS) is 15.3. The van der Waals surface area contributed by atoms with Gasteiger partial charge in [-0.15, -0.1) is 0 Å². The van der Waals surface area contributed by atoms with Crippen molar-refractivity contribution >= 4 is 10.2 Å². The van der Waals surface area contributed by atoms with Crippen LogP contribution >= 0.6 is 0 Å². The average Bonchev–Trinajstić information content (AvgIpc) is 3.22. The summed E-state index contributed by atoms with van der Waals surface area (Å²) in [6.45, 7) is 7.65. The molecule has 2 aromatic heterocycles. The first-order chi connectivity index (χ1) is 15.8. The van der Waals surface area contributed by atoms with Crippen molar-refractivity contribution in [2.24, 2.45) is 5.41 Å². The zero-order chi connectivity index (χ0) is 25.3. The van der Waals surface area contributed by atoms with E-state index < -0.39 is 21.9 Å². The summed E-state index contributed by atoms with van der Waals surface area (Å²) in [5.41, 5.74) is 0.693. The van der Waals surface area contributed by atoms with Crippen molar-refractivity contribution in [1.82, 2.24) is 18.2 Å². The molecule has 9 heteroatoms. The van der Waals surface area contributed by atoms with E-state index >= 15 is 0 Å². The maximum Gasteiger partial charge on any atom is 0.308 e. The third kappa shape index (κ3) is 5.22. The molecule has 184 valence electrons. The number of benzene rings is 1. The first-order valence-corrected chi connectivity index (χ1v) is 12.6. The van der Waals surface area contributed by atoms with Gasteiger partial charge in [0, 0.05) is 32.1 Å². The molecule has 2 N–H and O–H groups in total. The van der Waals surface area contributed by atoms with Gasteiger partial charge < -0.3 is 10.2 Å². The summed E-state index contributed by atoms with van der Waals surface area (Å²) in [6, 6.07) is 12.6. The lowest BCUT2D eigenvalue weighted by molar-refractivity contribution is -0.0734. The third-order valence-electron chi connectivity index (χ3n) is 6.28. The molecule has 3 rings (SSSR count). The minimum absolute atomic E-state index is 0.104. The Labute approximate surface area is 202 Å². The Balaban J connectivity index is 2.02. The minimum Gasteiger partial charge on any atom is -0.382 e. The van der Waals surface area contributed by atoms with Crippen LogP contribution in [0.1, 0.15) is 57.3 Å². The molecule has 2 heterocycles. The summed E-state index contributed by atoms with van der Waals surface area (Å²) in [7, 11) is -1.15. The van der Waals surface area contributed by atoms with Crippen LogP contribution in [0, 0.1) is 5.41 Å². The highest BCUT2D eigenvalue weighted by molar-refractivity contribution is 7.87. The second-order valence-corrected chi connectivity index (χ2v) is 11.7. The highest BCUT2D eigenvalue weighted by Crippen LogP contribution is 2.36. The van der Waals surface area contributed by atoms with Crippen molar-refractivity contribution in [3.05, 3.63) is 71.9 Å². The Morgan fingerprint density at radius 1 is 1.09 bits per heavy atom. The second kappa shape index (κ2) is 9.58. The number of aliphatic hydroxyl groups excluding tert-OH is 1. The summed E-state index contributed by atoms with van der Waals surface area (Å²) >= 11 is 0. The van der Waals surface area contributed by atoms with Gasteiger partial charge in [0.15, 0.2) is 5.82 Å². The molecule has 0 aliphatic rings. The number of nitrogens with zero attached hydrogens (tertiary/aromatic N) is 4. The first kappa shape index (κ1) is 26.0. The van der Waals surface area contributed by atoms with E-state index in [9.17, 15) is 18.6 Å². The van der Waals surface area contributed by atoms with Crippen LogP contribution in [0.4, 0.5) is 0 Å². The van der Waals surface area contributed by atoms with Gasteiger partial charge in [-0.05, 0) is 36.5 Å². The van der Waals surface area contributed by atoms with Gasteiger partial charge in [-0.1, -0.05) is 57.5 Å². The van der Waals surface area contributed by atoms with E-state index in [1.54, 1.807) is 30.5 Å². The molecule has 0 fully saturated rings. The Morgan fingerprint density at radius 2 is 1.74 bits per heavy atom. The quantitative estimate of drug-likeness (QED) is 0.479. The van der Waals surface area contributed by atoms with E-state index in [0.717, 1.165) is 26.0 Å². The Hall–Kier alpha value is -2.59. The van der Waals surface area contributed by atoms with Crippen molar-refractivity contribution in [1.29, 1.82) is 0 Å². The molecular weight excluding hydrogens is 452 g/mol. The summed E-state index contributed by atoms with van der Waals surface area (Å²) in [5.74, 6) is -0.130. The molecule has 2 atom stereocenters. The molecule has 0 amide bonds.